The average molecular weight is 386 g/mol. The van der Waals surface area contributed by atoms with Gasteiger partial charge in [-0.05, 0) is 50.8 Å². The molecule has 0 saturated heterocycles. The van der Waals surface area contributed by atoms with Gasteiger partial charge in [-0.3, -0.25) is 25.1 Å². The number of nitrogens with one attached hydrogen (secondary N) is 2. The SMILES string of the molecule is CCc1ccccc1OCC(=O)NNC(=O)c1cc(C(C)C)n(C(C)(C)C)n1. The van der Waals surface area contributed by atoms with E-state index in [0.717, 1.165) is 17.7 Å². The molecule has 7 heteroatoms. The number of amides is 2. The molecule has 0 saturated carbocycles. The van der Waals surface area contributed by atoms with Crippen LogP contribution in [0.5, 0.6) is 5.75 Å². The number of ether oxygens (including phenoxy) is 1. The Morgan fingerprint density at radius 1 is 1.18 bits per heavy atom. The Labute approximate surface area is 166 Å². The Balaban J connectivity index is 1.95. The zero-order chi connectivity index (χ0) is 20.9. The standard InChI is InChI=1S/C21H30N4O3/c1-7-15-10-8-9-11-18(15)28-13-19(26)22-23-20(27)16-12-17(14(2)3)25(24-16)21(4,5)6/h8-12,14H,7,13H2,1-6H3,(H,22,26)(H,23,27). The Kier molecular flexibility index (Phi) is 6.83. The number of hydrazine groups is 1. The topological polar surface area (TPSA) is 85.3 Å². The van der Waals surface area contributed by atoms with Crippen molar-refractivity contribution in [3.63, 3.8) is 0 Å². The molecular weight excluding hydrogens is 356 g/mol. The molecule has 0 aliphatic rings. The summed E-state index contributed by atoms with van der Waals surface area (Å²) in [5.74, 6) is -0.0299. The minimum absolute atomic E-state index is 0.190. The number of hydrogen-bond donors (Lipinski definition) is 2. The molecule has 152 valence electrons. The third-order valence-electron chi connectivity index (χ3n) is 4.22. The Morgan fingerprint density at radius 3 is 2.43 bits per heavy atom. The summed E-state index contributed by atoms with van der Waals surface area (Å²) in [6.45, 7) is 12.0. The highest BCUT2D eigenvalue weighted by Crippen LogP contribution is 2.23. The lowest BCUT2D eigenvalue weighted by Gasteiger charge is -2.23. The van der Waals surface area contributed by atoms with E-state index < -0.39 is 11.8 Å². The smallest absolute Gasteiger partial charge is 0.290 e. The van der Waals surface area contributed by atoms with Crippen molar-refractivity contribution < 1.29 is 14.3 Å². The predicted molar refractivity (Wildman–Crippen MR) is 108 cm³/mol. The molecule has 2 N–H and O–H groups in total. The number of aromatic nitrogens is 2. The number of rotatable bonds is 6. The first-order valence-electron chi connectivity index (χ1n) is 9.53. The lowest BCUT2D eigenvalue weighted by atomic mass is 10.1. The van der Waals surface area contributed by atoms with Crippen LogP contribution >= 0.6 is 0 Å². The molecule has 2 amide bonds. The van der Waals surface area contributed by atoms with Gasteiger partial charge in [-0.25, -0.2) is 0 Å². The summed E-state index contributed by atoms with van der Waals surface area (Å²) < 4.78 is 7.39. The number of hydrogen-bond acceptors (Lipinski definition) is 4. The number of para-hydroxylation sites is 1. The molecule has 7 nitrogen and oxygen atoms in total. The minimum atomic E-state index is -0.466. The van der Waals surface area contributed by atoms with Crippen LogP contribution in [0.1, 0.15) is 69.2 Å². The lowest BCUT2D eigenvalue weighted by molar-refractivity contribution is -0.123. The van der Waals surface area contributed by atoms with Crippen molar-refractivity contribution in [1.82, 2.24) is 20.6 Å². The fourth-order valence-electron chi connectivity index (χ4n) is 2.76. The Morgan fingerprint density at radius 2 is 1.86 bits per heavy atom. The van der Waals surface area contributed by atoms with E-state index >= 15 is 0 Å². The highest BCUT2D eigenvalue weighted by molar-refractivity contribution is 5.93. The van der Waals surface area contributed by atoms with Crippen LogP contribution in [0.4, 0.5) is 0 Å². The Hall–Kier alpha value is -2.83. The first-order chi connectivity index (χ1) is 13.1. The van der Waals surface area contributed by atoms with Crippen molar-refractivity contribution in [2.45, 2.75) is 59.4 Å². The summed E-state index contributed by atoms with van der Waals surface area (Å²) in [5.41, 5.74) is 6.77. The minimum Gasteiger partial charge on any atom is -0.483 e. The molecule has 1 heterocycles. The molecule has 0 aliphatic carbocycles. The number of aryl methyl sites for hydroxylation is 1. The van der Waals surface area contributed by atoms with E-state index in [-0.39, 0.29) is 23.8 Å². The van der Waals surface area contributed by atoms with Gasteiger partial charge < -0.3 is 4.74 Å². The largest absolute Gasteiger partial charge is 0.483 e. The monoisotopic (exact) mass is 386 g/mol. The summed E-state index contributed by atoms with van der Waals surface area (Å²) in [6, 6.07) is 9.30. The van der Waals surface area contributed by atoms with E-state index in [1.807, 2.05) is 70.5 Å². The maximum atomic E-state index is 12.4. The summed E-state index contributed by atoms with van der Waals surface area (Å²) in [6.07, 6.45) is 0.809. The third kappa shape index (κ3) is 5.34. The molecule has 0 fully saturated rings. The summed E-state index contributed by atoms with van der Waals surface area (Å²) in [4.78, 5) is 24.4. The van der Waals surface area contributed by atoms with Crippen LogP contribution in [0.15, 0.2) is 30.3 Å². The van der Waals surface area contributed by atoms with Gasteiger partial charge in [-0.1, -0.05) is 39.0 Å². The van der Waals surface area contributed by atoms with E-state index in [0.29, 0.717) is 5.75 Å². The highest BCUT2D eigenvalue weighted by Gasteiger charge is 2.23. The van der Waals surface area contributed by atoms with Crippen LogP contribution in [0.3, 0.4) is 0 Å². The molecule has 2 rings (SSSR count). The first-order valence-corrected chi connectivity index (χ1v) is 9.53. The van der Waals surface area contributed by atoms with Crippen molar-refractivity contribution in [3.05, 3.63) is 47.3 Å². The summed E-state index contributed by atoms with van der Waals surface area (Å²) >= 11 is 0. The van der Waals surface area contributed by atoms with Gasteiger partial charge in [0.05, 0.1) is 5.54 Å². The van der Waals surface area contributed by atoms with Crippen LogP contribution in [0.25, 0.3) is 0 Å². The van der Waals surface area contributed by atoms with E-state index in [9.17, 15) is 9.59 Å². The second-order valence-corrected chi connectivity index (χ2v) is 7.94. The zero-order valence-electron chi connectivity index (χ0n) is 17.5. The van der Waals surface area contributed by atoms with Crippen LogP contribution in [0, 0.1) is 0 Å². The second-order valence-electron chi connectivity index (χ2n) is 7.94. The van der Waals surface area contributed by atoms with Crippen LogP contribution < -0.4 is 15.6 Å². The quantitative estimate of drug-likeness (QED) is 0.747. The van der Waals surface area contributed by atoms with E-state index in [1.54, 1.807) is 6.07 Å². The second kappa shape index (κ2) is 8.91. The van der Waals surface area contributed by atoms with Crippen LogP contribution in [-0.2, 0) is 16.8 Å². The molecule has 1 aromatic carbocycles. The van der Waals surface area contributed by atoms with E-state index in [1.165, 1.54) is 0 Å². The summed E-state index contributed by atoms with van der Waals surface area (Å²) in [7, 11) is 0. The number of nitrogens with zero attached hydrogens (tertiary/aromatic N) is 2. The molecule has 0 spiro atoms. The lowest BCUT2D eigenvalue weighted by Crippen LogP contribution is -2.44. The fourth-order valence-corrected chi connectivity index (χ4v) is 2.76. The van der Waals surface area contributed by atoms with Crippen molar-refractivity contribution in [3.8, 4) is 5.75 Å². The predicted octanol–water partition coefficient (Wildman–Crippen LogP) is 3.16. The van der Waals surface area contributed by atoms with E-state index in [4.69, 9.17) is 4.74 Å². The van der Waals surface area contributed by atoms with Crippen molar-refractivity contribution in [1.29, 1.82) is 0 Å². The maximum Gasteiger partial charge on any atom is 0.290 e. The Bertz CT molecular complexity index is 834. The van der Waals surface area contributed by atoms with Crippen LogP contribution in [0.2, 0.25) is 0 Å². The number of carbonyl (C=O) groups is 2. The molecule has 0 unspecified atom stereocenters. The fraction of sp³-hybridized carbons (Fsp3) is 0.476. The van der Waals surface area contributed by atoms with Gasteiger partial charge in [0.1, 0.15) is 5.75 Å². The molecule has 0 radical (unpaired) electrons. The average Bonchev–Trinajstić information content (AvgIpc) is 3.11. The third-order valence-corrected chi connectivity index (χ3v) is 4.22. The van der Waals surface area contributed by atoms with Crippen LogP contribution in [-0.4, -0.2) is 28.2 Å². The van der Waals surface area contributed by atoms with Crippen molar-refractivity contribution >= 4 is 11.8 Å². The molecule has 0 atom stereocenters. The molecule has 2 aromatic rings. The van der Waals surface area contributed by atoms with Gasteiger partial charge in [0.2, 0.25) is 0 Å². The summed E-state index contributed by atoms with van der Waals surface area (Å²) in [5, 5.41) is 4.42. The van der Waals surface area contributed by atoms with Gasteiger partial charge in [-0.2, -0.15) is 5.10 Å². The maximum absolute atomic E-state index is 12.4. The zero-order valence-corrected chi connectivity index (χ0v) is 17.5. The van der Waals surface area contributed by atoms with Gasteiger partial charge in [-0.15, -0.1) is 0 Å². The first kappa shape index (κ1) is 21.5. The molecule has 0 aliphatic heterocycles. The molecule has 0 bridgehead atoms. The van der Waals surface area contributed by atoms with Gasteiger partial charge in [0.15, 0.2) is 12.3 Å². The van der Waals surface area contributed by atoms with Gasteiger partial charge in [0.25, 0.3) is 11.8 Å². The molecule has 1 aromatic heterocycles. The molecule has 28 heavy (non-hydrogen) atoms. The highest BCUT2D eigenvalue weighted by atomic mass is 16.5. The number of carbonyl (C=O) groups excluding carboxylic acids is 2. The molecular formula is C21H30N4O3. The van der Waals surface area contributed by atoms with E-state index in [2.05, 4.69) is 16.0 Å². The normalized spacial score (nSPS) is 11.4. The van der Waals surface area contributed by atoms with Gasteiger partial charge in [0, 0.05) is 5.69 Å². The van der Waals surface area contributed by atoms with Gasteiger partial charge >= 0.3 is 0 Å². The van der Waals surface area contributed by atoms with Crippen molar-refractivity contribution in [2.75, 3.05) is 6.61 Å². The number of benzene rings is 1. The van der Waals surface area contributed by atoms with Crippen molar-refractivity contribution in [2.24, 2.45) is 0 Å².